The lowest BCUT2D eigenvalue weighted by Crippen LogP contribution is -1.95. The molecule has 0 radical (unpaired) electrons. The minimum Gasteiger partial charge on any atom is -0.236 e. The molecule has 43 heavy (non-hydrogen) atoms. The van der Waals surface area contributed by atoms with Crippen LogP contribution >= 0.6 is 11.3 Å². The van der Waals surface area contributed by atoms with Gasteiger partial charge in [-0.15, -0.1) is 11.3 Å². The van der Waals surface area contributed by atoms with Crippen LogP contribution in [0.3, 0.4) is 0 Å². The predicted molar refractivity (Wildman–Crippen MR) is 178 cm³/mol. The Morgan fingerprint density at radius 2 is 0.907 bits per heavy atom. The fourth-order valence-corrected chi connectivity index (χ4v) is 6.41. The molecule has 0 bridgehead atoms. The van der Waals surface area contributed by atoms with Crippen molar-refractivity contribution in [3.63, 3.8) is 0 Å². The Labute approximate surface area is 253 Å². The van der Waals surface area contributed by atoms with Crippen LogP contribution in [0, 0.1) is 0 Å². The highest BCUT2D eigenvalue weighted by atomic mass is 32.1. The second-order valence-electron chi connectivity index (χ2n) is 10.4. The summed E-state index contributed by atoms with van der Waals surface area (Å²) in [7, 11) is 0. The SMILES string of the molecule is c1ccc(-c2cc(-c3ccccc3)nc(-c3ccc(-c4ccc(-c5ncc6c(n5)sc5ccccc56)cc4)cc3)n2)cc1. The maximum atomic E-state index is 4.96. The third kappa shape index (κ3) is 4.86. The molecular weight excluding hydrogens is 545 g/mol. The molecular formula is C38H24N4S. The van der Waals surface area contributed by atoms with Gasteiger partial charge in [0, 0.05) is 43.9 Å². The molecule has 4 nitrogen and oxygen atoms in total. The summed E-state index contributed by atoms with van der Waals surface area (Å²) in [4.78, 5) is 20.5. The highest BCUT2D eigenvalue weighted by molar-refractivity contribution is 7.25. The summed E-state index contributed by atoms with van der Waals surface area (Å²) in [5, 5.41) is 2.32. The molecule has 0 saturated carbocycles. The Morgan fingerprint density at radius 3 is 1.51 bits per heavy atom. The molecule has 5 heteroatoms. The van der Waals surface area contributed by atoms with Crippen LogP contribution in [0.5, 0.6) is 0 Å². The minimum atomic E-state index is 0.705. The first-order chi connectivity index (χ1) is 21.3. The van der Waals surface area contributed by atoms with Gasteiger partial charge in [-0.1, -0.05) is 127 Å². The van der Waals surface area contributed by atoms with E-state index < -0.39 is 0 Å². The molecule has 0 N–H and O–H groups in total. The molecule has 202 valence electrons. The van der Waals surface area contributed by atoms with Gasteiger partial charge in [-0.25, -0.2) is 19.9 Å². The zero-order valence-electron chi connectivity index (χ0n) is 23.1. The highest BCUT2D eigenvalue weighted by Crippen LogP contribution is 2.34. The number of benzene rings is 5. The van der Waals surface area contributed by atoms with E-state index >= 15 is 0 Å². The zero-order valence-corrected chi connectivity index (χ0v) is 23.9. The molecule has 0 aliphatic rings. The number of hydrogen-bond acceptors (Lipinski definition) is 5. The molecule has 0 fully saturated rings. The molecule has 0 atom stereocenters. The number of nitrogens with zero attached hydrogens (tertiary/aromatic N) is 4. The summed E-state index contributed by atoms with van der Waals surface area (Å²) in [5.41, 5.74) is 8.16. The van der Waals surface area contributed by atoms with Gasteiger partial charge in [-0.3, -0.25) is 0 Å². The van der Waals surface area contributed by atoms with Crippen LogP contribution in [0.4, 0.5) is 0 Å². The van der Waals surface area contributed by atoms with Gasteiger partial charge in [0.05, 0.1) is 11.4 Å². The smallest absolute Gasteiger partial charge is 0.160 e. The molecule has 8 rings (SSSR count). The molecule has 0 spiro atoms. The molecule has 5 aromatic carbocycles. The summed E-state index contributed by atoms with van der Waals surface area (Å²) in [6.07, 6.45) is 1.95. The first-order valence-electron chi connectivity index (χ1n) is 14.1. The van der Waals surface area contributed by atoms with E-state index in [1.165, 1.54) is 10.1 Å². The predicted octanol–water partition coefficient (Wildman–Crippen LogP) is 9.97. The lowest BCUT2D eigenvalue weighted by atomic mass is 10.0. The van der Waals surface area contributed by atoms with Crippen molar-refractivity contribution in [1.29, 1.82) is 0 Å². The lowest BCUT2D eigenvalue weighted by Gasteiger charge is -2.10. The first kappa shape index (κ1) is 25.2. The van der Waals surface area contributed by atoms with Crippen LogP contribution in [-0.2, 0) is 0 Å². The van der Waals surface area contributed by atoms with E-state index in [2.05, 4.69) is 108 Å². The average Bonchev–Trinajstić information content (AvgIpc) is 3.47. The second kappa shape index (κ2) is 10.7. The topological polar surface area (TPSA) is 51.6 Å². The Kier molecular flexibility index (Phi) is 6.28. The quantitative estimate of drug-likeness (QED) is 0.207. The van der Waals surface area contributed by atoms with E-state index in [4.69, 9.17) is 15.0 Å². The fraction of sp³-hybridized carbons (Fsp3) is 0. The first-order valence-corrected chi connectivity index (χ1v) is 15.0. The Bertz CT molecular complexity index is 2150. The summed E-state index contributed by atoms with van der Waals surface area (Å²) in [5.74, 6) is 1.45. The van der Waals surface area contributed by atoms with Gasteiger partial charge in [0.2, 0.25) is 0 Å². The van der Waals surface area contributed by atoms with Crippen molar-refractivity contribution < 1.29 is 0 Å². The van der Waals surface area contributed by atoms with Gasteiger partial charge in [-0.05, 0) is 23.3 Å². The average molecular weight is 569 g/mol. The third-order valence-electron chi connectivity index (χ3n) is 7.62. The lowest BCUT2D eigenvalue weighted by molar-refractivity contribution is 1.18. The van der Waals surface area contributed by atoms with Crippen molar-refractivity contribution >= 4 is 31.6 Å². The van der Waals surface area contributed by atoms with Crippen molar-refractivity contribution in [2.45, 2.75) is 0 Å². The minimum absolute atomic E-state index is 0.705. The summed E-state index contributed by atoms with van der Waals surface area (Å²) < 4.78 is 1.23. The van der Waals surface area contributed by atoms with Crippen LogP contribution in [-0.4, -0.2) is 19.9 Å². The molecule has 3 aromatic heterocycles. The maximum absolute atomic E-state index is 4.96. The Morgan fingerprint density at radius 1 is 0.395 bits per heavy atom. The van der Waals surface area contributed by atoms with Crippen LogP contribution in [0.15, 0.2) is 146 Å². The number of fused-ring (bicyclic) bond motifs is 3. The van der Waals surface area contributed by atoms with Crippen LogP contribution in [0.2, 0.25) is 0 Å². The highest BCUT2D eigenvalue weighted by Gasteiger charge is 2.12. The summed E-state index contributed by atoms with van der Waals surface area (Å²) in [6, 6.07) is 47.9. The largest absolute Gasteiger partial charge is 0.236 e. The van der Waals surface area contributed by atoms with Crippen molar-refractivity contribution in [3.05, 3.63) is 146 Å². The zero-order chi connectivity index (χ0) is 28.6. The van der Waals surface area contributed by atoms with Gasteiger partial charge in [-0.2, -0.15) is 0 Å². The standard InChI is InChI=1S/C38H24N4S/c1-3-9-27(10-4-1)33-23-34(28-11-5-2-6-12-28)41-37(40-33)30-21-17-26(18-22-30)25-15-19-29(20-16-25)36-39-24-32-31-13-7-8-14-35(31)43-38(32)42-36/h1-24H. The van der Waals surface area contributed by atoms with Crippen molar-refractivity contribution in [1.82, 2.24) is 19.9 Å². The molecule has 0 aliphatic carbocycles. The van der Waals surface area contributed by atoms with Crippen molar-refractivity contribution in [2.75, 3.05) is 0 Å². The van der Waals surface area contributed by atoms with E-state index in [1.807, 2.05) is 42.6 Å². The molecule has 8 aromatic rings. The monoisotopic (exact) mass is 568 g/mol. The molecule has 0 aliphatic heterocycles. The van der Waals surface area contributed by atoms with Gasteiger partial charge in [0.15, 0.2) is 11.6 Å². The third-order valence-corrected chi connectivity index (χ3v) is 8.70. The van der Waals surface area contributed by atoms with Crippen molar-refractivity contribution in [2.24, 2.45) is 0 Å². The van der Waals surface area contributed by atoms with E-state index in [9.17, 15) is 0 Å². The summed E-state index contributed by atoms with van der Waals surface area (Å²) >= 11 is 1.71. The van der Waals surface area contributed by atoms with Crippen molar-refractivity contribution in [3.8, 4) is 56.4 Å². The number of aromatic nitrogens is 4. The Hall–Kier alpha value is -5.52. The number of hydrogen-bond donors (Lipinski definition) is 0. The second-order valence-corrected chi connectivity index (χ2v) is 11.4. The molecule has 0 unspecified atom stereocenters. The molecule has 0 saturated heterocycles. The van der Waals surface area contributed by atoms with Crippen LogP contribution < -0.4 is 0 Å². The Balaban J connectivity index is 1.10. The van der Waals surface area contributed by atoms with Gasteiger partial charge in [0.25, 0.3) is 0 Å². The number of rotatable bonds is 5. The van der Waals surface area contributed by atoms with E-state index in [-0.39, 0.29) is 0 Å². The summed E-state index contributed by atoms with van der Waals surface area (Å²) in [6.45, 7) is 0. The van der Waals surface area contributed by atoms with Crippen LogP contribution in [0.25, 0.3) is 76.7 Å². The van der Waals surface area contributed by atoms with E-state index in [1.54, 1.807) is 11.3 Å². The van der Waals surface area contributed by atoms with Crippen LogP contribution in [0.1, 0.15) is 0 Å². The molecule has 3 heterocycles. The molecule has 0 amide bonds. The van der Waals surface area contributed by atoms with Gasteiger partial charge >= 0.3 is 0 Å². The number of thiophene rings is 1. The maximum Gasteiger partial charge on any atom is 0.160 e. The van der Waals surface area contributed by atoms with E-state index in [0.29, 0.717) is 5.82 Å². The fourth-order valence-electron chi connectivity index (χ4n) is 5.36. The van der Waals surface area contributed by atoms with Gasteiger partial charge in [0.1, 0.15) is 4.83 Å². The van der Waals surface area contributed by atoms with Gasteiger partial charge < -0.3 is 0 Å². The van der Waals surface area contributed by atoms with E-state index in [0.717, 1.165) is 60.8 Å². The normalized spacial score (nSPS) is 11.3.